The molecular formula is C10H13N3O2S. The SMILES string of the molecule is Cc1cc(=O)c(C(=O)NCCC(N)=S)c[nH]1. The highest BCUT2D eigenvalue weighted by Gasteiger charge is 2.09. The highest BCUT2D eigenvalue weighted by Crippen LogP contribution is 1.92. The molecule has 0 aliphatic rings. The van der Waals surface area contributed by atoms with Crippen molar-refractivity contribution in [1.82, 2.24) is 10.3 Å². The zero-order valence-electron chi connectivity index (χ0n) is 8.87. The van der Waals surface area contributed by atoms with E-state index in [0.717, 1.165) is 0 Å². The number of pyridine rings is 1. The number of carbonyl (C=O) groups excluding carboxylic acids is 1. The minimum absolute atomic E-state index is 0.0912. The molecule has 0 aliphatic carbocycles. The van der Waals surface area contributed by atoms with Gasteiger partial charge in [0, 0.05) is 30.9 Å². The number of amides is 1. The third-order valence-electron chi connectivity index (χ3n) is 1.96. The lowest BCUT2D eigenvalue weighted by molar-refractivity contribution is 0.0953. The lowest BCUT2D eigenvalue weighted by Crippen LogP contribution is -2.31. The molecule has 0 fully saturated rings. The molecule has 1 amide bonds. The van der Waals surface area contributed by atoms with Crippen molar-refractivity contribution in [3.8, 4) is 0 Å². The normalized spacial score (nSPS) is 9.81. The molecule has 1 heterocycles. The van der Waals surface area contributed by atoms with Crippen LogP contribution >= 0.6 is 12.2 Å². The van der Waals surface area contributed by atoms with Crippen LogP contribution in [-0.2, 0) is 0 Å². The van der Waals surface area contributed by atoms with Gasteiger partial charge in [0.05, 0.1) is 4.99 Å². The van der Waals surface area contributed by atoms with Gasteiger partial charge in [-0.05, 0) is 6.92 Å². The second kappa shape index (κ2) is 5.41. The Hall–Kier alpha value is -1.69. The quantitative estimate of drug-likeness (QED) is 0.650. The Morgan fingerprint density at radius 3 is 2.88 bits per heavy atom. The van der Waals surface area contributed by atoms with Crippen molar-refractivity contribution in [2.45, 2.75) is 13.3 Å². The average molecular weight is 239 g/mol. The van der Waals surface area contributed by atoms with E-state index in [2.05, 4.69) is 22.5 Å². The molecule has 0 unspecified atom stereocenters. The molecule has 5 nitrogen and oxygen atoms in total. The fourth-order valence-corrected chi connectivity index (χ4v) is 1.25. The van der Waals surface area contributed by atoms with Gasteiger partial charge in [-0.2, -0.15) is 0 Å². The first kappa shape index (κ1) is 12.4. The summed E-state index contributed by atoms with van der Waals surface area (Å²) >= 11 is 4.67. The Labute approximate surface area is 98.0 Å². The summed E-state index contributed by atoms with van der Waals surface area (Å²) in [5, 5.41) is 2.56. The zero-order chi connectivity index (χ0) is 12.1. The van der Waals surface area contributed by atoms with Gasteiger partial charge in [-0.3, -0.25) is 9.59 Å². The molecule has 0 saturated heterocycles. The topological polar surface area (TPSA) is 88.0 Å². The number of nitrogens with two attached hydrogens (primary N) is 1. The summed E-state index contributed by atoms with van der Waals surface area (Å²) < 4.78 is 0. The first-order chi connectivity index (χ1) is 7.50. The van der Waals surface area contributed by atoms with E-state index < -0.39 is 5.91 Å². The van der Waals surface area contributed by atoms with Crippen LogP contribution in [0.3, 0.4) is 0 Å². The van der Waals surface area contributed by atoms with Gasteiger partial charge in [0.15, 0.2) is 5.43 Å². The maximum absolute atomic E-state index is 11.5. The van der Waals surface area contributed by atoms with E-state index in [1.165, 1.54) is 12.3 Å². The lowest BCUT2D eigenvalue weighted by Gasteiger charge is -2.03. The summed E-state index contributed by atoms with van der Waals surface area (Å²) in [6.45, 7) is 2.08. The van der Waals surface area contributed by atoms with E-state index in [9.17, 15) is 9.59 Å². The number of aryl methyl sites for hydroxylation is 1. The molecule has 0 spiro atoms. The van der Waals surface area contributed by atoms with Crippen molar-refractivity contribution in [2.75, 3.05) is 6.54 Å². The summed E-state index contributed by atoms with van der Waals surface area (Å²) in [6.07, 6.45) is 1.82. The predicted octanol–water partition coefficient (Wildman–Crippen LogP) is 0.0893. The number of thiocarbonyl (C=S) groups is 1. The van der Waals surface area contributed by atoms with Crippen LogP contribution in [0, 0.1) is 6.92 Å². The van der Waals surface area contributed by atoms with Crippen LogP contribution < -0.4 is 16.5 Å². The molecule has 1 aromatic rings. The van der Waals surface area contributed by atoms with Gasteiger partial charge in [-0.1, -0.05) is 12.2 Å². The maximum atomic E-state index is 11.5. The highest BCUT2D eigenvalue weighted by molar-refractivity contribution is 7.80. The number of H-pyrrole nitrogens is 1. The van der Waals surface area contributed by atoms with Crippen LogP contribution in [0.4, 0.5) is 0 Å². The highest BCUT2D eigenvalue weighted by atomic mass is 32.1. The Balaban J connectivity index is 2.66. The van der Waals surface area contributed by atoms with Crippen LogP contribution in [0.15, 0.2) is 17.1 Å². The van der Waals surface area contributed by atoms with Crippen LogP contribution in [-0.4, -0.2) is 22.4 Å². The molecule has 86 valence electrons. The van der Waals surface area contributed by atoms with Crippen LogP contribution in [0.1, 0.15) is 22.5 Å². The van der Waals surface area contributed by atoms with E-state index >= 15 is 0 Å². The van der Waals surface area contributed by atoms with E-state index in [0.29, 0.717) is 23.6 Å². The van der Waals surface area contributed by atoms with Crippen molar-refractivity contribution < 1.29 is 4.79 Å². The van der Waals surface area contributed by atoms with E-state index in [1.807, 2.05) is 0 Å². The standard InChI is InChI=1S/C10H13N3O2S/c1-6-4-8(14)7(5-13-6)10(15)12-3-2-9(11)16/h4-5H,2-3H2,1H3,(H2,11,16)(H,12,15)(H,13,14). The molecule has 0 aromatic carbocycles. The molecule has 0 radical (unpaired) electrons. The van der Waals surface area contributed by atoms with Gasteiger partial charge < -0.3 is 16.0 Å². The number of rotatable bonds is 4. The van der Waals surface area contributed by atoms with Crippen molar-refractivity contribution in [3.05, 3.63) is 33.7 Å². The number of aromatic nitrogens is 1. The van der Waals surface area contributed by atoms with Crippen molar-refractivity contribution in [1.29, 1.82) is 0 Å². The Morgan fingerprint density at radius 2 is 2.31 bits per heavy atom. The Bertz CT molecular complexity index is 467. The van der Waals surface area contributed by atoms with Gasteiger partial charge in [-0.15, -0.1) is 0 Å². The summed E-state index contributed by atoms with van der Waals surface area (Å²) in [7, 11) is 0. The fourth-order valence-electron chi connectivity index (χ4n) is 1.15. The predicted molar refractivity (Wildman–Crippen MR) is 65.5 cm³/mol. The third-order valence-corrected chi connectivity index (χ3v) is 2.16. The van der Waals surface area contributed by atoms with Crippen molar-refractivity contribution in [2.24, 2.45) is 5.73 Å². The molecule has 0 bridgehead atoms. The van der Waals surface area contributed by atoms with Crippen LogP contribution in [0.5, 0.6) is 0 Å². The van der Waals surface area contributed by atoms with Crippen LogP contribution in [0.2, 0.25) is 0 Å². The number of nitrogens with one attached hydrogen (secondary N) is 2. The minimum Gasteiger partial charge on any atom is -0.393 e. The number of hydrogen-bond donors (Lipinski definition) is 3. The first-order valence-electron chi connectivity index (χ1n) is 4.76. The van der Waals surface area contributed by atoms with E-state index in [4.69, 9.17) is 5.73 Å². The summed E-state index contributed by atoms with van der Waals surface area (Å²) in [4.78, 5) is 26.1. The average Bonchev–Trinajstić information content (AvgIpc) is 2.16. The van der Waals surface area contributed by atoms with Gasteiger partial charge in [0.25, 0.3) is 5.91 Å². The first-order valence-corrected chi connectivity index (χ1v) is 5.17. The summed E-state index contributed by atoms with van der Waals surface area (Å²) in [5.41, 5.74) is 5.78. The molecule has 1 aromatic heterocycles. The van der Waals surface area contributed by atoms with Crippen LogP contribution in [0.25, 0.3) is 0 Å². The number of aromatic amines is 1. The lowest BCUT2D eigenvalue weighted by atomic mass is 10.2. The summed E-state index contributed by atoms with van der Waals surface area (Å²) in [6, 6.07) is 1.38. The fraction of sp³-hybridized carbons (Fsp3) is 0.300. The molecule has 0 aliphatic heterocycles. The maximum Gasteiger partial charge on any atom is 0.256 e. The summed E-state index contributed by atoms with van der Waals surface area (Å²) in [5.74, 6) is -0.419. The number of carbonyl (C=O) groups is 1. The molecule has 1 rings (SSSR count). The molecule has 4 N–H and O–H groups in total. The Kier molecular flexibility index (Phi) is 4.19. The third kappa shape index (κ3) is 3.47. The Morgan fingerprint density at radius 1 is 1.62 bits per heavy atom. The second-order valence-electron chi connectivity index (χ2n) is 3.37. The monoisotopic (exact) mass is 239 g/mol. The molecule has 16 heavy (non-hydrogen) atoms. The molecule has 0 atom stereocenters. The van der Waals surface area contributed by atoms with Gasteiger partial charge in [0.2, 0.25) is 0 Å². The largest absolute Gasteiger partial charge is 0.393 e. The second-order valence-corrected chi connectivity index (χ2v) is 3.89. The number of hydrogen-bond acceptors (Lipinski definition) is 3. The molecule has 0 saturated carbocycles. The molecule has 6 heteroatoms. The zero-order valence-corrected chi connectivity index (χ0v) is 9.69. The minimum atomic E-state index is -0.419. The smallest absolute Gasteiger partial charge is 0.256 e. The van der Waals surface area contributed by atoms with Gasteiger partial charge in [0.1, 0.15) is 5.56 Å². The van der Waals surface area contributed by atoms with Crippen molar-refractivity contribution in [3.63, 3.8) is 0 Å². The van der Waals surface area contributed by atoms with Crippen molar-refractivity contribution >= 4 is 23.1 Å². The van der Waals surface area contributed by atoms with E-state index in [-0.39, 0.29) is 11.0 Å². The van der Waals surface area contributed by atoms with E-state index in [1.54, 1.807) is 6.92 Å². The van der Waals surface area contributed by atoms with Gasteiger partial charge >= 0.3 is 0 Å². The van der Waals surface area contributed by atoms with Gasteiger partial charge in [-0.25, -0.2) is 0 Å². The molecular weight excluding hydrogens is 226 g/mol.